The van der Waals surface area contributed by atoms with Gasteiger partial charge in [-0.3, -0.25) is 4.79 Å². The van der Waals surface area contributed by atoms with Crippen molar-refractivity contribution in [3.8, 4) is 0 Å². The van der Waals surface area contributed by atoms with Gasteiger partial charge in [0, 0.05) is 24.7 Å². The summed E-state index contributed by atoms with van der Waals surface area (Å²) in [6, 6.07) is 4.66. The standard InChI is InChI=1S/C15H23FN2O/c1-4-13(5-2)18(9-8-17)15(19)12-6-7-14(16)11(3)10-12/h6-7,10,13H,4-5,8-9,17H2,1-3H3. The maximum atomic E-state index is 13.3. The molecule has 1 aromatic carbocycles. The first-order valence-electron chi connectivity index (χ1n) is 6.82. The van der Waals surface area contributed by atoms with E-state index in [2.05, 4.69) is 13.8 Å². The van der Waals surface area contributed by atoms with Crippen LogP contribution in [0.15, 0.2) is 18.2 Å². The average Bonchev–Trinajstić information content (AvgIpc) is 2.41. The van der Waals surface area contributed by atoms with Gasteiger partial charge in [0.15, 0.2) is 0 Å². The molecule has 19 heavy (non-hydrogen) atoms. The molecule has 0 heterocycles. The average molecular weight is 266 g/mol. The largest absolute Gasteiger partial charge is 0.334 e. The molecule has 0 radical (unpaired) electrons. The third-order valence-corrected chi connectivity index (χ3v) is 3.42. The Balaban J connectivity index is 3.01. The summed E-state index contributed by atoms with van der Waals surface area (Å²) in [6.45, 7) is 6.74. The molecule has 0 aliphatic heterocycles. The second kappa shape index (κ2) is 7.24. The Morgan fingerprint density at radius 1 is 1.37 bits per heavy atom. The van der Waals surface area contributed by atoms with Crippen LogP contribution in [0, 0.1) is 12.7 Å². The predicted molar refractivity (Wildman–Crippen MR) is 75.6 cm³/mol. The lowest BCUT2D eigenvalue weighted by Gasteiger charge is -2.30. The van der Waals surface area contributed by atoms with Crippen LogP contribution in [0.1, 0.15) is 42.6 Å². The number of carbonyl (C=O) groups is 1. The number of hydrogen-bond donors (Lipinski definition) is 1. The zero-order valence-corrected chi connectivity index (χ0v) is 11.9. The summed E-state index contributed by atoms with van der Waals surface area (Å²) in [5.74, 6) is -0.355. The molecule has 0 aliphatic rings. The molecule has 106 valence electrons. The Morgan fingerprint density at radius 2 is 2.00 bits per heavy atom. The van der Waals surface area contributed by atoms with Crippen LogP contribution < -0.4 is 5.73 Å². The Labute approximate surface area is 114 Å². The lowest BCUT2D eigenvalue weighted by molar-refractivity contribution is 0.0674. The lowest BCUT2D eigenvalue weighted by Crippen LogP contribution is -2.42. The van der Waals surface area contributed by atoms with Crippen molar-refractivity contribution in [2.24, 2.45) is 5.73 Å². The Hall–Kier alpha value is -1.42. The topological polar surface area (TPSA) is 46.3 Å². The first-order valence-corrected chi connectivity index (χ1v) is 6.82. The van der Waals surface area contributed by atoms with Crippen LogP contribution in [-0.4, -0.2) is 29.9 Å². The zero-order chi connectivity index (χ0) is 14.4. The molecule has 0 bridgehead atoms. The van der Waals surface area contributed by atoms with Crippen LogP contribution in [0.4, 0.5) is 4.39 Å². The summed E-state index contributed by atoms with van der Waals surface area (Å²) in [6.07, 6.45) is 1.78. The smallest absolute Gasteiger partial charge is 0.254 e. The van der Waals surface area contributed by atoms with Gasteiger partial charge in [-0.25, -0.2) is 4.39 Å². The van der Waals surface area contributed by atoms with E-state index in [1.165, 1.54) is 12.1 Å². The molecule has 0 fully saturated rings. The molecule has 4 heteroatoms. The van der Waals surface area contributed by atoms with Gasteiger partial charge in [-0.05, 0) is 43.5 Å². The fourth-order valence-electron chi connectivity index (χ4n) is 2.26. The van der Waals surface area contributed by atoms with Crippen molar-refractivity contribution in [1.82, 2.24) is 4.90 Å². The molecule has 1 aromatic rings. The number of nitrogens with zero attached hydrogens (tertiary/aromatic N) is 1. The van der Waals surface area contributed by atoms with E-state index in [0.29, 0.717) is 24.2 Å². The Kier molecular flexibility index (Phi) is 5.96. The van der Waals surface area contributed by atoms with Crippen molar-refractivity contribution in [2.75, 3.05) is 13.1 Å². The minimum absolute atomic E-state index is 0.0674. The fourth-order valence-corrected chi connectivity index (χ4v) is 2.26. The molecule has 0 spiro atoms. The highest BCUT2D eigenvalue weighted by molar-refractivity contribution is 5.94. The van der Waals surface area contributed by atoms with Gasteiger partial charge in [-0.15, -0.1) is 0 Å². The van der Waals surface area contributed by atoms with Crippen LogP contribution in [0.2, 0.25) is 0 Å². The summed E-state index contributed by atoms with van der Waals surface area (Å²) >= 11 is 0. The van der Waals surface area contributed by atoms with Crippen molar-refractivity contribution in [3.63, 3.8) is 0 Å². The summed E-state index contributed by atoms with van der Waals surface area (Å²) in [4.78, 5) is 14.3. The third-order valence-electron chi connectivity index (χ3n) is 3.42. The number of carbonyl (C=O) groups excluding carboxylic acids is 1. The summed E-state index contributed by atoms with van der Waals surface area (Å²) in [7, 11) is 0. The quantitative estimate of drug-likeness (QED) is 0.860. The molecule has 0 saturated heterocycles. The molecule has 0 saturated carbocycles. The number of amides is 1. The van der Waals surface area contributed by atoms with E-state index >= 15 is 0 Å². The van der Waals surface area contributed by atoms with E-state index in [9.17, 15) is 9.18 Å². The second-order valence-electron chi connectivity index (χ2n) is 4.72. The molecule has 0 unspecified atom stereocenters. The van der Waals surface area contributed by atoms with E-state index in [4.69, 9.17) is 5.73 Å². The van der Waals surface area contributed by atoms with Crippen LogP contribution in [0.25, 0.3) is 0 Å². The maximum Gasteiger partial charge on any atom is 0.254 e. The highest BCUT2D eigenvalue weighted by Crippen LogP contribution is 2.16. The zero-order valence-electron chi connectivity index (χ0n) is 11.9. The molecular weight excluding hydrogens is 243 g/mol. The van der Waals surface area contributed by atoms with Crippen molar-refractivity contribution >= 4 is 5.91 Å². The first kappa shape index (κ1) is 15.6. The minimum atomic E-state index is -0.288. The lowest BCUT2D eigenvalue weighted by atomic mass is 10.1. The molecule has 0 aromatic heterocycles. The number of halogens is 1. The van der Waals surface area contributed by atoms with Crippen LogP contribution in [0.5, 0.6) is 0 Å². The molecule has 1 amide bonds. The number of benzene rings is 1. The summed E-state index contributed by atoms with van der Waals surface area (Å²) in [5.41, 5.74) is 6.61. The van der Waals surface area contributed by atoms with E-state index in [1.54, 1.807) is 17.9 Å². The molecule has 2 N–H and O–H groups in total. The maximum absolute atomic E-state index is 13.3. The highest BCUT2D eigenvalue weighted by atomic mass is 19.1. The summed E-state index contributed by atoms with van der Waals surface area (Å²) in [5, 5.41) is 0. The van der Waals surface area contributed by atoms with E-state index in [0.717, 1.165) is 12.8 Å². The number of rotatable bonds is 6. The normalized spacial score (nSPS) is 10.8. The van der Waals surface area contributed by atoms with Crippen LogP contribution in [0.3, 0.4) is 0 Å². The number of nitrogens with two attached hydrogens (primary N) is 1. The van der Waals surface area contributed by atoms with Gasteiger partial charge in [0.25, 0.3) is 5.91 Å². The number of hydrogen-bond acceptors (Lipinski definition) is 2. The van der Waals surface area contributed by atoms with E-state index in [1.807, 2.05) is 0 Å². The monoisotopic (exact) mass is 266 g/mol. The third kappa shape index (κ3) is 3.77. The second-order valence-corrected chi connectivity index (χ2v) is 4.72. The van der Waals surface area contributed by atoms with E-state index in [-0.39, 0.29) is 17.8 Å². The molecule has 0 atom stereocenters. The van der Waals surface area contributed by atoms with Crippen molar-refractivity contribution in [1.29, 1.82) is 0 Å². The van der Waals surface area contributed by atoms with Gasteiger partial charge < -0.3 is 10.6 Å². The summed E-state index contributed by atoms with van der Waals surface area (Å²) < 4.78 is 13.3. The van der Waals surface area contributed by atoms with Gasteiger partial charge in [0.05, 0.1) is 0 Å². The molecular formula is C15H23FN2O. The van der Waals surface area contributed by atoms with E-state index < -0.39 is 0 Å². The van der Waals surface area contributed by atoms with Crippen molar-refractivity contribution < 1.29 is 9.18 Å². The van der Waals surface area contributed by atoms with Gasteiger partial charge in [-0.2, -0.15) is 0 Å². The minimum Gasteiger partial charge on any atom is -0.334 e. The Bertz CT molecular complexity index is 430. The van der Waals surface area contributed by atoms with Crippen LogP contribution >= 0.6 is 0 Å². The van der Waals surface area contributed by atoms with Crippen molar-refractivity contribution in [2.45, 2.75) is 39.7 Å². The van der Waals surface area contributed by atoms with Gasteiger partial charge in [0.1, 0.15) is 5.82 Å². The molecule has 0 aliphatic carbocycles. The Morgan fingerprint density at radius 3 is 2.47 bits per heavy atom. The van der Waals surface area contributed by atoms with Gasteiger partial charge >= 0.3 is 0 Å². The van der Waals surface area contributed by atoms with Gasteiger partial charge in [-0.1, -0.05) is 13.8 Å². The first-order chi connectivity index (χ1) is 9.04. The van der Waals surface area contributed by atoms with Crippen molar-refractivity contribution in [3.05, 3.63) is 35.1 Å². The number of aryl methyl sites for hydroxylation is 1. The SMILES string of the molecule is CCC(CC)N(CCN)C(=O)c1ccc(F)c(C)c1. The highest BCUT2D eigenvalue weighted by Gasteiger charge is 2.22. The van der Waals surface area contributed by atoms with Gasteiger partial charge in [0.2, 0.25) is 0 Å². The van der Waals surface area contributed by atoms with Crippen LogP contribution in [-0.2, 0) is 0 Å². The molecule has 3 nitrogen and oxygen atoms in total. The molecule has 1 rings (SSSR count). The fraction of sp³-hybridized carbons (Fsp3) is 0.533. The predicted octanol–water partition coefficient (Wildman–Crippen LogP) is 2.72.